The first-order valence-corrected chi connectivity index (χ1v) is 6.95. The summed E-state index contributed by atoms with van der Waals surface area (Å²) in [4.78, 5) is 0. The van der Waals surface area contributed by atoms with Crippen LogP contribution in [0, 0.1) is 0 Å². The maximum atomic E-state index is 5.84. The monoisotopic (exact) mass is 285 g/mol. The summed E-state index contributed by atoms with van der Waals surface area (Å²) >= 11 is 5.84. The fourth-order valence-corrected chi connectivity index (χ4v) is 1.79. The largest absolute Gasteiger partial charge is 0.492 e. The summed E-state index contributed by atoms with van der Waals surface area (Å²) in [5.41, 5.74) is -0.0879. The van der Waals surface area contributed by atoms with Crippen LogP contribution in [0.2, 0.25) is 5.02 Å². The Morgan fingerprint density at radius 3 is 2.42 bits per heavy atom. The van der Waals surface area contributed by atoms with E-state index in [9.17, 15) is 0 Å². The van der Waals surface area contributed by atoms with E-state index >= 15 is 0 Å². The molecule has 1 aromatic carbocycles. The van der Waals surface area contributed by atoms with E-state index < -0.39 is 0 Å². The van der Waals surface area contributed by atoms with Crippen molar-refractivity contribution in [2.24, 2.45) is 0 Å². The highest BCUT2D eigenvalue weighted by Gasteiger charge is 2.18. The molecule has 1 atom stereocenters. The Bertz CT molecular complexity index is 365. The third kappa shape index (κ3) is 6.28. The van der Waals surface area contributed by atoms with Crippen molar-refractivity contribution in [2.75, 3.05) is 20.8 Å². The Labute approximate surface area is 121 Å². The molecular weight excluding hydrogens is 262 g/mol. The number of benzene rings is 1. The predicted molar refractivity (Wildman–Crippen MR) is 80.1 cm³/mol. The van der Waals surface area contributed by atoms with Crippen molar-refractivity contribution in [3.63, 3.8) is 0 Å². The van der Waals surface area contributed by atoms with Crippen molar-refractivity contribution in [1.29, 1.82) is 0 Å². The second-order valence-electron chi connectivity index (χ2n) is 5.25. The molecule has 0 saturated carbocycles. The van der Waals surface area contributed by atoms with Gasteiger partial charge in [0.2, 0.25) is 0 Å². The summed E-state index contributed by atoms with van der Waals surface area (Å²) < 4.78 is 11.2. The molecule has 0 spiro atoms. The molecule has 1 N–H and O–H groups in total. The maximum Gasteiger partial charge on any atom is 0.119 e. The van der Waals surface area contributed by atoms with Crippen molar-refractivity contribution in [3.8, 4) is 5.75 Å². The van der Waals surface area contributed by atoms with Crippen LogP contribution in [-0.4, -0.2) is 32.4 Å². The average molecular weight is 286 g/mol. The van der Waals surface area contributed by atoms with Gasteiger partial charge in [0.25, 0.3) is 0 Å². The molecule has 0 bridgehead atoms. The van der Waals surface area contributed by atoms with Crippen LogP contribution in [0.15, 0.2) is 24.3 Å². The fraction of sp³-hybridized carbons (Fsp3) is 0.600. The molecule has 0 aliphatic rings. The van der Waals surface area contributed by atoms with Crippen LogP contribution in [-0.2, 0) is 4.74 Å². The average Bonchev–Trinajstić information content (AvgIpc) is 2.41. The van der Waals surface area contributed by atoms with Gasteiger partial charge in [-0.15, -0.1) is 0 Å². The van der Waals surface area contributed by atoms with E-state index in [1.165, 1.54) is 0 Å². The maximum absolute atomic E-state index is 5.84. The topological polar surface area (TPSA) is 30.5 Å². The predicted octanol–water partition coefficient (Wildman–Crippen LogP) is 3.51. The second-order valence-corrected chi connectivity index (χ2v) is 5.69. The number of rotatable bonds is 8. The zero-order valence-corrected chi connectivity index (χ0v) is 13.0. The molecule has 0 fully saturated rings. The normalized spacial score (nSPS) is 13.3. The highest BCUT2D eigenvalue weighted by molar-refractivity contribution is 6.30. The van der Waals surface area contributed by atoms with E-state index in [0.717, 1.165) is 23.6 Å². The van der Waals surface area contributed by atoms with Gasteiger partial charge in [-0.2, -0.15) is 0 Å². The van der Waals surface area contributed by atoms with Gasteiger partial charge in [-0.3, -0.25) is 0 Å². The number of halogens is 1. The Kier molecular flexibility index (Phi) is 6.63. The smallest absolute Gasteiger partial charge is 0.119 e. The second kappa shape index (κ2) is 7.73. The van der Waals surface area contributed by atoms with Crippen LogP contribution < -0.4 is 10.1 Å². The summed E-state index contributed by atoms with van der Waals surface area (Å²) in [5, 5.41) is 4.00. The lowest BCUT2D eigenvalue weighted by atomic mass is 9.99. The van der Waals surface area contributed by atoms with Gasteiger partial charge in [-0.25, -0.2) is 0 Å². The van der Waals surface area contributed by atoms with Crippen molar-refractivity contribution < 1.29 is 9.47 Å². The quantitative estimate of drug-likeness (QED) is 0.793. The highest BCUT2D eigenvalue weighted by Crippen LogP contribution is 2.18. The number of hydrogen-bond donors (Lipinski definition) is 1. The number of methoxy groups -OCH3 is 1. The third-order valence-corrected chi connectivity index (χ3v) is 3.57. The summed E-state index contributed by atoms with van der Waals surface area (Å²) in [6.45, 7) is 4.83. The van der Waals surface area contributed by atoms with Gasteiger partial charge in [0.05, 0.1) is 5.60 Å². The lowest BCUT2D eigenvalue weighted by Crippen LogP contribution is -2.34. The van der Waals surface area contributed by atoms with Crippen LogP contribution in [0.25, 0.3) is 0 Å². The van der Waals surface area contributed by atoms with Crippen LogP contribution in [0.5, 0.6) is 5.75 Å². The lowest BCUT2D eigenvalue weighted by molar-refractivity contribution is 0.0108. The summed E-state index contributed by atoms with van der Waals surface area (Å²) in [6, 6.07) is 7.74. The van der Waals surface area contributed by atoms with Gasteiger partial charge >= 0.3 is 0 Å². The molecule has 0 aliphatic carbocycles. The minimum Gasteiger partial charge on any atom is -0.492 e. The van der Waals surface area contributed by atoms with Crippen molar-refractivity contribution in [1.82, 2.24) is 5.32 Å². The van der Waals surface area contributed by atoms with E-state index in [0.29, 0.717) is 12.6 Å². The molecule has 0 radical (unpaired) electrons. The van der Waals surface area contributed by atoms with Gasteiger partial charge in [0, 0.05) is 18.2 Å². The fourth-order valence-electron chi connectivity index (χ4n) is 1.66. The van der Waals surface area contributed by atoms with Gasteiger partial charge in [0.1, 0.15) is 12.4 Å². The standard InChI is InChI=1S/C15H24ClNO2/c1-15(2,18-4)10-9-13(17-3)11-19-14-7-5-12(16)6-8-14/h5-8,13,17H,9-11H2,1-4H3. The molecule has 1 rings (SSSR count). The van der Waals surface area contributed by atoms with Crippen LogP contribution in [0.1, 0.15) is 26.7 Å². The van der Waals surface area contributed by atoms with Crippen LogP contribution >= 0.6 is 11.6 Å². The molecule has 1 aromatic rings. The Morgan fingerprint density at radius 1 is 1.26 bits per heavy atom. The molecule has 4 heteroatoms. The molecule has 0 amide bonds. The van der Waals surface area contributed by atoms with Gasteiger partial charge < -0.3 is 14.8 Å². The molecule has 0 aromatic heterocycles. The molecule has 0 saturated heterocycles. The number of nitrogens with one attached hydrogen (secondary N) is 1. The summed E-state index contributed by atoms with van der Waals surface area (Å²) in [5.74, 6) is 0.843. The highest BCUT2D eigenvalue weighted by atomic mass is 35.5. The summed E-state index contributed by atoms with van der Waals surface area (Å²) in [6.07, 6.45) is 1.99. The van der Waals surface area contributed by atoms with E-state index in [4.69, 9.17) is 21.1 Å². The first kappa shape index (κ1) is 16.3. The molecule has 19 heavy (non-hydrogen) atoms. The van der Waals surface area contributed by atoms with Crippen molar-refractivity contribution >= 4 is 11.6 Å². The zero-order chi connectivity index (χ0) is 14.3. The lowest BCUT2D eigenvalue weighted by Gasteiger charge is -2.25. The number of likely N-dealkylation sites (N-methyl/N-ethyl adjacent to an activating group) is 1. The van der Waals surface area contributed by atoms with Crippen LogP contribution in [0.4, 0.5) is 0 Å². The minimum absolute atomic E-state index is 0.0879. The summed E-state index contributed by atoms with van der Waals surface area (Å²) in [7, 11) is 3.70. The molecule has 108 valence electrons. The Balaban J connectivity index is 2.38. The number of ether oxygens (including phenoxy) is 2. The molecule has 0 heterocycles. The Morgan fingerprint density at radius 2 is 1.89 bits per heavy atom. The molecule has 0 aliphatic heterocycles. The first-order chi connectivity index (χ1) is 8.96. The van der Waals surface area contributed by atoms with Gasteiger partial charge in [0.15, 0.2) is 0 Å². The van der Waals surface area contributed by atoms with Crippen molar-refractivity contribution in [2.45, 2.75) is 38.3 Å². The third-order valence-electron chi connectivity index (χ3n) is 3.32. The van der Waals surface area contributed by atoms with E-state index in [1.54, 1.807) is 7.11 Å². The van der Waals surface area contributed by atoms with E-state index in [-0.39, 0.29) is 5.60 Å². The van der Waals surface area contributed by atoms with Crippen LogP contribution in [0.3, 0.4) is 0 Å². The first-order valence-electron chi connectivity index (χ1n) is 6.57. The minimum atomic E-state index is -0.0879. The zero-order valence-electron chi connectivity index (χ0n) is 12.2. The molecule has 1 unspecified atom stereocenters. The van der Waals surface area contributed by atoms with Crippen molar-refractivity contribution in [3.05, 3.63) is 29.3 Å². The van der Waals surface area contributed by atoms with E-state index in [2.05, 4.69) is 19.2 Å². The Hall–Kier alpha value is -0.770. The SMILES string of the molecule is CNC(CCC(C)(C)OC)COc1ccc(Cl)cc1. The molecule has 3 nitrogen and oxygen atoms in total. The number of hydrogen-bond acceptors (Lipinski definition) is 3. The van der Waals surface area contributed by atoms with E-state index in [1.807, 2.05) is 31.3 Å². The molecular formula is C15H24ClNO2. The van der Waals surface area contributed by atoms with Gasteiger partial charge in [-0.1, -0.05) is 11.6 Å². The van der Waals surface area contributed by atoms with Gasteiger partial charge in [-0.05, 0) is 58.0 Å².